The SMILES string of the molecule is COc1ccc(Br)cc1/C=C/C(=O)OCC(=O)N(C)CC(=O)Nc1c(C)cccc1C. The van der Waals surface area contributed by atoms with Gasteiger partial charge in [-0.1, -0.05) is 34.1 Å². The molecule has 0 aromatic heterocycles. The van der Waals surface area contributed by atoms with Crippen molar-refractivity contribution in [1.29, 1.82) is 0 Å². The average Bonchev–Trinajstić information content (AvgIpc) is 2.73. The van der Waals surface area contributed by atoms with Crippen LogP contribution in [0.25, 0.3) is 6.08 Å². The van der Waals surface area contributed by atoms with E-state index in [1.165, 1.54) is 31.2 Å². The molecule has 164 valence electrons. The van der Waals surface area contributed by atoms with E-state index in [1.807, 2.05) is 38.1 Å². The normalized spacial score (nSPS) is 10.6. The molecule has 7 nitrogen and oxygen atoms in total. The Morgan fingerprint density at radius 1 is 1.13 bits per heavy atom. The van der Waals surface area contributed by atoms with Crippen LogP contribution < -0.4 is 10.1 Å². The van der Waals surface area contributed by atoms with Crippen LogP contribution in [0.3, 0.4) is 0 Å². The zero-order valence-corrected chi connectivity index (χ0v) is 19.5. The zero-order valence-electron chi connectivity index (χ0n) is 17.9. The van der Waals surface area contributed by atoms with E-state index in [4.69, 9.17) is 9.47 Å². The molecule has 0 spiro atoms. The van der Waals surface area contributed by atoms with Crippen LogP contribution >= 0.6 is 15.9 Å². The monoisotopic (exact) mass is 488 g/mol. The summed E-state index contributed by atoms with van der Waals surface area (Å²) < 4.78 is 11.1. The van der Waals surface area contributed by atoms with E-state index in [1.54, 1.807) is 12.1 Å². The Kier molecular flexibility index (Phi) is 8.81. The molecule has 0 aliphatic rings. The summed E-state index contributed by atoms with van der Waals surface area (Å²) in [5, 5.41) is 2.82. The highest BCUT2D eigenvalue weighted by molar-refractivity contribution is 9.10. The van der Waals surface area contributed by atoms with Crippen molar-refractivity contribution in [2.45, 2.75) is 13.8 Å². The summed E-state index contributed by atoms with van der Waals surface area (Å²) in [5.74, 6) is -0.901. The lowest BCUT2D eigenvalue weighted by atomic mass is 10.1. The second kappa shape index (κ2) is 11.3. The van der Waals surface area contributed by atoms with E-state index < -0.39 is 18.5 Å². The number of amides is 2. The van der Waals surface area contributed by atoms with Crippen molar-refractivity contribution in [3.63, 3.8) is 0 Å². The van der Waals surface area contributed by atoms with Gasteiger partial charge in [0.1, 0.15) is 5.75 Å². The highest BCUT2D eigenvalue weighted by Crippen LogP contribution is 2.24. The maximum absolute atomic E-state index is 12.3. The number of methoxy groups -OCH3 is 1. The van der Waals surface area contributed by atoms with Crippen LogP contribution in [0, 0.1) is 13.8 Å². The summed E-state index contributed by atoms with van der Waals surface area (Å²) in [4.78, 5) is 37.6. The number of hydrogen-bond acceptors (Lipinski definition) is 5. The van der Waals surface area contributed by atoms with Crippen LogP contribution in [-0.4, -0.2) is 50.0 Å². The van der Waals surface area contributed by atoms with Gasteiger partial charge in [0, 0.05) is 28.8 Å². The molecule has 2 aromatic carbocycles. The number of nitrogens with zero attached hydrogens (tertiary/aromatic N) is 1. The van der Waals surface area contributed by atoms with Gasteiger partial charge in [0.05, 0.1) is 13.7 Å². The van der Waals surface area contributed by atoms with E-state index >= 15 is 0 Å². The number of benzene rings is 2. The van der Waals surface area contributed by atoms with E-state index in [0.29, 0.717) is 11.3 Å². The van der Waals surface area contributed by atoms with Gasteiger partial charge >= 0.3 is 5.97 Å². The van der Waals surface area contributed by atoms with Gasteiger partial charge in [0.25, 0.3) is 5.91 Å². The van der Waals surface area contributed by atoms with Crippen LogP contribution in [0.4, 0.5) is 5.69 Å². The first kappa shape index (κ1) is 24.1. The standard InChI is InChI=1S/C23H25BrN2O5/c1-15-6-5-7-16(2)23(15)25-20(27)13-26(3)21(28)14-31-22(29)11-8-17-12-18(24)9-10-19(17)30-4/h5-12H,13-14H2,1-4H3,(H,25,27)/b11-8+. The maximum Gasteiger partial charge on any atom is 0.331 e. The Bertz CT molecular complexity index is 983. The molecule has 0 aliphatic heterocycles. The van der Waals surface area contributed by atoms with Crippen LogP contribution in [0.15, 0.2) is 46.9 Å². The van der Waals surface area contributed by atoms with Gasteiger partial charge in [-0.15, -0.1) is 0 Å². The summed E-state index contributed by atoms with van der Waals surface area (Å²) >= 11 is 3.36. The molecule has 0 atom stereocenters. The number of halogens is 1. The Hall–Kier alpha value is -3.13. The molecule has 0 saturated carbocycles. The van der Waals surface area contributed by atoms with Gasteiger partial charge in [-0.05, 0) is 49.2 Å². The van der Waals surface area contributed by atoms with Gasteiger partial charge in [0.15, 0.2) is 6.61 Å². The zero-order chi connectivity index (χ0) is 23.0. The third-order valence-electron chi connectivity index (χ3n) is 4.48. The Morgan fingerprint density at radius 2 is 1.81 bits per heavy atom. The molecule has 0 aliphatic carbocycles. The van der Waals surface area contributed by atoms with E-state index in [9.17, 15) is 14.4 Å². The quantitative estimate of drug-likeness (QED) is 0.451. The molecule has 31 heavy (non-hydrogen) atoms. The Balaban J connectivity index is 1.85. The third-order valence-corrected chi connectivity index (χ3v) is 4.97. The number of rotatable bonds is 8. The second-order valence-corrected chi connectivity index (χ2v) is 7.81. The van der Waals surface area contributed by atoms with E-state index in [-0.39, 0.29) is 12.5 Å². The highest BCUT2D eigenvalue weighted by Gasteiger charge is 2.16. The fourth-order valence-electron chi connectivity index (χ4n) is 2.78. The minimum absolute atomic E-state index is 0.158. The lowest BCUT2D eigenvalue weighted by Gasteiger charge is -2.18. The summed E-state index contributed by atoms with van der Waals surface area (Å²) in [6.45, 7) is 3.17. The number of hydrogen-bond donors (Lipinski definition) is 1. The number of nitrogens with one attached hydrogen (secondary N) is 1. The first-order valence-corrected chi connectivity index (χ1v) is 10.3. The predicted molar refractivity (Wildman–Crippen MR) is 123 cm³/mol. The summed E-state index contributed by atoms with van der Waals surface area (Å²) in [5.41, 5.74) is 3.28. The summed E-state index contributed by atoms with van der Waals surface area (Å²) in [7, 11) is 3.01. The largest absolute Gasteiger partial charge is 0.496 e. The number of carbonyl (C=O) groups is 3. The molecule has 0 radical (unpaired) electrons. The number of para-hydroxylation sites is 1. The second-order valence-electron chi connectivity index (χ2n) is 6.89. The van der Waals surface area contributed by atoms with Crippen molar-refractivity contribution in [2.75, 3.05) is 32.6 Å². The molecule has 2 aromatic rings. The Morgan fingerprint density at radius 3 is 2.45 bits per heavy atom. The van der Waals surface area contributed by atoms with Gasteiger partial charge in [0.2, 0.25) is 5.91 Å². The first-order chi connectivity index (χ1) is 14.7. The molecule has 0 heterocycles. The molecule has 2 amide bonds. The van der Waals surface area contributed by atoms with Crippen molar-refractivity contribution in [3.8, 4) is 5.75 Å². The third kappa shape index (κ3) is 7.25. The smallest absolute Gasteiger partial charge is 0.331 e. The van der Waals surface area contributed by atoms with Crippen molar-refractivity contribution >= 4 is 45.5 Å². The molecule has 2 rings (SSSR count). The molecule has 0 saturated heterocycles. The maximum atomic E-state index is 12.3. The average molecular weight is 489 g/mol. The Labute approximate surface area is 190 Å². The molecular formula is C23H25BrN2O5. The summed E-state index contributed by atoms with van der Waals surface area (Å²) in [6, 6.07) is 11.1. The molecule has 1 N–H and O–H groups in total. The fourth-order valence-corrected chi connectivity index (χ4v) is 3.16. The minimum Gasteiger partial charge on any atom is -0.496 e. The number of likely N-dealkylation sites (N-methyl/N-ethyl adjacent to an activating group) is 1. The van der Waals surface area contributed by atoms with Crippen LogP contribution in [0.2, 0.25) is 0 Å². The number of carbonyl (C=O) groups excluding carboxylic acids is 3. The highest BCUT2D eigenvalue weighted by atomic mass is 79.9. The van der Waals surface area contributed by atoms with Crippen LogP contribution in [-0.2, 0) is 19.1 Å². The van der Waals surface area contributed by atoms with Gasteiger partial charge < -0.3 is 19.7 Å². The first-order valence-electron chi connectivity index (χ1n) is 9.49. The fraction of sp³-hybridized carbons (Fsp3) is 0.261. The number of esters is 1. The number of ether oxygens (including phenoxy) is 2. The summed E-state index contributed by atoms with van der Waals surface area (Å²) in [6.07, 6.45) is 2.75. The minimum atomic E-state index is -0.677. The number of aryl methyl sites for hydroxylation is 2. The van der Waals surface area contributed by atoms with Crippen molar-refractivity contribution in [3.05, 3.63) is 63.6 Å². The van der Waals surface area contributed by atoms with Gasteiger partial charge in [-0.25, -0.2) is 4.79 Å². The van der Waals surface area contributed by atoms with Crippen molar-refractivity contribution in [2.24, 2.45) is 0 Å². The topological polar surface area (TPSA) is 84.9 Å². The van der Waals surface area contributed by atoms with Crippen molar-refractivity contribution in [1.82, 2.24) is 4.90 Å². The molecular weight excluding hydrogens is 464 g/mol. The number of anilines is 1. The van der Waals surface area contributed by atoms with Crippen LogP contribution in [0.5, 0.6) is 5.75 Å². The van der Waals surface area contributed by atoms with Crippen molar-refractivity contribution < 1.29 is 23.9 Å². The van der Waals surface area contributed by atoms with Gasteiger partial charge in [-0.3, -0.25) is 9.59 Å². The molecule has 0 bridgehead atoms. The van der Waals surface area contributed by atoms with Gasteiger partial charge in [-0.2, -0.15) is 0 Å². The lowest BCUT2D eigenvalue weighted by Crippen LogP contribution is -2.37. The predicted octanol–water partition coefficient (Wildman–Crippen LogP) is 3.73. The van der Waals surface area contributed by atoms with E-state index in [0.717, 1.165) is 21.3 Å². The molecule has 0 unspecified atom stereocenters. The molecule has 8 heteroatoms. The molecule has 0 fully saturated rings. The van der Waals surface area contributed by atoms with Crippen LogP contribution in [0.1, 0.15) is 16.7 Å². The lowest BCUT2D eigenvalue weighted by molar-refractivity contribution is -0.148. The van der Waals surface area contributed by atoms with E-state index in [2.05, 4.69) is 21.2 Å².